The second-order valence-corrected chi connectivity index (χ2v) is 5.89. The average molecular weight is 348 g/mol. The Labute approximate surface area is 149 Å². The van der Waals surface area contributed by atoms with Gasteiger partial charge in [0.1, 0.15) is 17.1 Å². The molecule has 0 aliphatic rings. The normalized spacial score (nSPS) is 11.0. The number of benzene rings is 2. The van der Waals surface area contributed by atoms with Crippen LogP contribution < -0.4 is 10.2 Å². The summed E-state index contributed by atoms with van der Waals surface area (Å²) in [6.45, 7) is 3.66. The van der Waals surface area contributed by atoms with Crippen LogP contribution >= 0.6 is 0 Å². The Balaban J connectivity index is 1.70. The lowest BCUT2D eigenvalue weighted by molar-refractivity contribution is 0.260. The van der Waals surface area contributed by atoms with Gasteiger partial charge in [0, 0.05) is 13.0 Å². The van der Waals surface area contributed by atoms with Crippen LogP contribution in [0, 0.1) is 13.8 Å². The van der Waals surface area contributed by atoms with Crippen LogP contribution in [0.2, 0.25) is 0 Å². The molecule has 0 fully saturated rings. The molecule has 6 heteroatoms. The quantitative estimate of drug-likeness (QED) is 0.554. The van der Waals surface area contributed by atoms with Crippen molar-refractivity contribution in [2.75, 3.05) is 0 Å². The Morgan fingerprint density at radius 2 is 1.81 bits per heavy atom. The predicted molar refractivity (Wildman–Crippen MR) is 96.0 cm³/mol. The number of fused-ring (bicyclic) bond motifs is 1. The lowest BCUT2D eigenvalue weighted by Gasteiger charge is -2.08. The van der Waals surface area contributed by atoms with E-state index in [4.69, 9.17) is 13.6 Å². The van der Waals surface area contributed by atoms with Gasteiger partial charge >= 0.3 is 0 Å². The molecule has 0 spiro atoms. The third-order valence-electron chi connectivity index (χ3n) is 4.03. The fourth-order valence-electron chi connectivity index (χ4n) is 2.86. The first kappa shape index (κ1) is 16.1. The molecule has 2 aromatic heterocycles. The van der Waals surface area contributed by atoms with Gasteiger partial charge in [-0.1, -0.05) is 30.3 Å². The van der Waals surface area contributed by atoms with Crippen LogP contribution in [0.5, 0.6) is 5.75 Å². The minimum absolute atomic E-state index is 0.0611. The molecule has 2 heterocycles. The summed E-state index contributed by atoms with van der Waals surface area (Å²) < 4.78 is 16.8. The highest BCUT2D eigenvalue weighted by atomic mass is 16.5. The molecule has 0 atom stereocenters. The van der Waals surface area contributed by atoms with Crippen molar-refractivity contribution in [3.05, 3.63) is 76.3 Å². The standard InChI is InChI=1S/C20H16N2O4/c1-12-19(14-6-4-3-5-7-14)20(23)16-9-8-15(10-17(16)25-12)24-11-18-22-21-13(2)26-18/h3-10H,11H2,1-2H3. The van der Waals surface area contributed by atoms with Crippen LogP contribution in [0.3, 0.4) is 0 Å². The molecule has 0 saturated heterocycles. The topological polar surface area (TPSA) is 78.4 Å². The van der Waals surface area contributed by atoms with Crippen molar-refractivity contribution in [3.63, 3.8) is 0 Å². The summed E-state index contributed by atoms with van der Waals surface area (Å²) in [6, 6.07) is 14.6. The monoisotopic (exact) mass is 348 g/mol. The van der Waals surface area contributed by atoms with E-state index in [1.165, 1.54) is 0 Å². The van der Waals surface area contributed by atoms with Crippen LogP contribution in [0.1, 0.15) is 17.5 Å². The second kappa shape index (κ2) is 6.48. The molecule has 6 nitrogen and oxygen atoms in total. The summed E-state index contributed by atoms with van der Waals surface area (Å²) in [5, 5.41) is 8.15. The van der Waals surface area contributed by atoms with Crippen molar-refractivity contribution in [1.82, 2.24) is 10.2 Å². The van der Waals surface area contributed by atoms with Gasteiger partial charge < -0.3 is 13.6 Å². The van der Waals surface area contributed by atoms with E-state index in [-0.39, 0.29) is 12.0 Å². The zero-order valence-corrected chi connectivity index (χ0v) is 14.4. The summed E-state index contributed by atoms with van der Waals surface area (Å²) in [6.07, 6.45) is 0. The smallest absolute Gasteiger partial charge is 0.253 e. The highest BCUT2D eigenvalue weighted by molar-refractivity contribution is 5.83. The van der Waals surface area contributed by atoms with Gasteiger partial charge in [-0.25, -0.2) is 0 Å². The first-order chi connectivity index (χ1) is 12.6. The van der Waals surface area contributed by atoms with Crippen molar-refractivity contribution in [2.24, 2.45) is 0 Å². The third kappa shape index (κ3) is 2.97. The molecule has 0 radical (unpaired) electrons. The van der Waals surface area contributed by atoms with E-state index in [2.05, 4.69) is 10.2 Å². The SMILES string of the molecule is Cc1nnc(COc2ccc3c(=O)c(-c4ccccc4)c(C)oc3c2)o1. The molecule has 0 amide bonds. The molecule has 0 aliphatic carbocycles. The van der Waals surface area contributed by atoms with E-state index in [9.17, 15) is 4.79 Å². The Morgan fingerprint density at radius 3 is 2.54 bits per heavy atom. The van der Waals surface area contributed by atoms with Gasteiger partial charge in [0.2, 0.25) is 11.3 Å². The summed E-state index contributed by atoms with van der Waals surface area (Å²) in [7, 11) is 0. The highest BCUT2D eigenvalue weighted by Gasteiger charge is 2.14. The predicted octanol–water partition coefficient (Wildman–Crippen LogP) is 4.04. The zero-order chi connectivity index (χ0) is 18.1. The summed E-state index contributed by atoms with van der Waals surface area (Å²) in [5.74, 6) is 2.00. The Morgan fingerprint density at radius 1 is 1.00 bits per heavy atom. The van der Waals surface area contributed by atoms with E-state index in [0.717, 1.165) is 5.56 Å². The fourth-order valence-corrected chi connectivity index (χ4v) is 2.86. The molecule has 130 valence electrons. The highest BCUT2D eigenvalue weighted by Crippen LogP contribution is 2.26. The molecule has 2 aromatic carbocycles. The largest absolute Gasteiger partial charge is 0.484 e. The molecule has 26 heavy (non-hydrogen) atoms. The van der Waals surface area contributed by atoms with Crippen LogP contribution in [0.15, 0.2) is 62.2 Å². The first-order valence-electron chi connectivity index (χ1n) is 8.16. The molecule has 0 saturated carbocycles. The van der Waals surface area contributed by atoms with Gasteiger partial charge in [-0.3, -0.25) is 4.79 Å². The fraction of sp³-hybridized carbons (Fsp3) is 0.150. The van der Waals surface area contributed by atoms with E-state index < -0.39 is 0 Å². The summed E-state index contributed by atoms with van der Waals surface area (Å²) in [4.78, 5) is 12.9. The van der Waals surface area contributed by atoms with E-state index >= 15 is 0 Å². The van der Waals surface area contributed by atoms with Crippen LogP contribution in [-0.2, 0) is 6.61 Å². The maximum Gasteiger partial charge on any atom is 0.253 e. The van der Waals surface area contributed by atoms with Gasteiger partial charge in [-0.05, 0) is 24.6 Å². The van der Waals surface area contributed by atoms with Crippen molar-refractivity contribution < 1.29 is 13.6 Å². The van der Waals surface area contributed by atoms with E-state index in [0.29, 0.717) is 39.8 Å². The number of nitrogens with zero attached hydrogens (tertiary/aromatic N) is 2. The average Bonchev–Trinajstić information content (AvgIpc) is 3.06. The van der Waals surface area contributed by atoms with Gasteiger partial charge in [0.05, 0.1) is 10.9 Å². The van der Waals surface area contributed by atoms with Crippen LogP contribution in [0.4, 0.5) is 0 Å². The van der Waals surface area contributed by atoms with Crippen molar-refractivity contribution in [2.45, 2.75) is 20.5 Å². The molecule has 0 aliphatic heterocycles. The molecule has 4 rings (SSSR count). The number of rotatable bonds is 4. The molecular weight excluding hydrogens is 332 g/mol. The molecular formula is C20H16N2O4. The van der Waals surface area contributed by atoms with Gasteiger partial charge in [-0.2, -0.15) is 0 Å². The zero-order valence-electron chi connectivity index (χ0n) is 14.4. The summed E-state index contributed by atoms with van der Waals surface area (Å²) >= 11 is 0. The van der Waals surface area contributed by atoms with E-state index in [1.54, 1.807) is 32.0 Å². The minimum atomic E-state index is -0.0611. The van der Waals surface area contributed by atoms with Crippen molar-refractivity contribution >= 4 is 11.0 Å². The summed E-state index contributed by atoms with van der Waals surface area (Å²) in [5.41, 5.74) is 1.83. The molecule has 4 aromatic rings. The number of aryl methyl sites for hydroxylation is 2. The maximum absolute atomic E-state index is 12.9. The molecule has 0 unspecified atom stereocenters. The van der Waals surface area contributed by atoms with E-state index in [1.807, 2.05) is 30.3 Å². The lowest BCUT2D eigenvalue weighted by atomic mass is 10.0. The molecule has 0 bridgehead atoms. The Hall–Kier alpha value is -3.41. The molecule has 0 N–H and O–H groups in total. The van der Waals surface area contributed by atoms with Gasteiger partial charge in [0.15, 0.2) is 6.61 Å². The van der Waals surface area contributed by atoms with Crippen LogP contribution in [-0.4, -0.2) is 10.2 Å². The van der Waals surface area contributed by atoms with Crippen molar-refractivity contribution in [3.8, 4) is 16.9 Å². The number of hydrogen-bond donors (Lipinski definition) is 0. The first-order valence-corrected chi connectivity index (χ1v) is 8.16. The van der Waals surface area contributed by atoms with Gasteiger partial charge in [0.25, 0.3) is 5.89 Å². The van der Waals surface area contributed by atoms with Gasteiger partial charge in [-0.15, -0.1) is 10.2 Å². The minimum Gasteiger partial charge on any atom is -0.484 e. The van der Waals surface area contributed by atoms with Crippen LogP contribution in [0.25, 0.3) is 22.1 Å². The number of ether oxygens (including phenoxy) is 1. The third-order valence-corrected chi connectivity index (χ3v) is 4.03. The number of aromatic nitrogens is 2. The van der Waals surface area contributed by atoms with Crippen molar-refractivity contribution in [1.29, 1.82) is 0 Å². The second-order valence-electron chi connectivity index (χ2n) is 5.89. The Bertz CT molecular complexity index is 1130. The Kier molecular flexibility index (Phi) is 4.01. The lowest BCUT2D eigenvalue weighted by Crippen LogP contribution is -2.07. The number of hydrogen-bond acceptors (Lipinski definition) is 6. The maximum atomic E-state index is 12.9.